The molecular formula is C84H80Br2F2N2. The minimum Gasteiger partial charge on any atom is -0.310 e. The third-order valence-corrected chi connectivity index (χ3v) is 18.5. The summed E-state index contributed by atoms with van der Waals surface area (Å²) in [6, 6.07) is 84.5. The van der Waals surface area contributed by atoms with Gasteiger partial charge in [-0.15, -0.1) is 0 Å². The summed E-state index contributed by atoms with van der Waals surface area (Å²) < 4.78 is 37.6. The summed E-state index contributed by atoms with van der Waals surface area (Å²) in [6.45, 7) is 8.87. The van der Waals surface area contributed by atoms with Gasteiger partial charge in [-0.3, -0.25) is 0 Å². The van der Waals surface area contributed by atoms with Crippen LogP contribution < -0.4 is 9.80 Å². The Morgan fingerprint density at radius 2 is 0.522 bits per heavy atom. The number of nitrogens with zero attached hydrogens (tertiary/aromatic N) is 2. The molecule has 11 aromatic rings. The number of benzene rings is 11. The highest BCUT2D eigenvalue weighted by Crippen LogP contribution is 2.44. The molecule has 0 aromatic heterocycles. The lowest BCUT2D eigenvalue weighted by Crippen LogP contribution is -2.11. The van der Waals surface area contributed by atoms with Crippen molar-refractivity contribution in [1.82, 2.24) is 0 Å². The molecule has 0 N–H and O–H groups in total. The smallest absolute Gasteiger partial charge is 0.133 e. The molecule has 0 aliphatic rings. The van der Waals surface area contributed by atoms with Gasteiger partial charge in [-0.05, 0) is 226 Å². The van der Waals surface area contributed by atoms with Crippen LogP contribution in [-0.4, -0.2) is 0 Å². The summed E-state index contributed by atoms with van der Waals surface area (Å²) in [5.41, 5.74) is 21.7. The van der Waals surface area contributed by atoms with Gasteiger partial charge in [0.15, 0.2) is 0 Å². The molecule has 6 heteroatoms. The first-order valence-electron chi connectivity index (χ1n) is 32.5. The highest BCUT2D eigenvalue weighted by Gasteiger charge is 2.23. The Hall–Kier alpha value is -8.16. The van der Waals surface area contributed by atoms with Gasteiger partial charge in [0.1, 0.15) is 11.6 Å². The predicted molar refractivity (Wildman–Crippen MR) is 387 cm³/mol. The molecule has 0 aliphatic carbocycles. The van der Waals surface area contributed by atoms with E-state index in [4.69, 9.17) is 0 Å². The second kappa shape index (κ2) is 30.6. The molecule has 0 unspecified atom stereocenters. The molecule has 0 bridgehead atoms. The minimum atomic E-state index is -0.300. The third kappa shape index (κ3) is 15.3. The summed E-state index contributed by atoms with van der Waals surface area (Å²) in [6.07, 6.45) is 14.2. The maximum atomic E-state index is 17.8. The molecule has 0 fully saturated rings. The fourth-order valence-electron chi connectivity index (χ4n) is 12.5. The van der Waals surface area contributed by atoms with Gasteiger partial charge in [0.25, 0.3) is 0 Å². The fourth-order valence-corrected chi connectivity index (χ4v) is 13.0. The molecule has 11 aromatic carbocycles. The van der Waals surface area contributed by atoms with Gasteiger partial charge in [0.2, 0.25) is 0 Å². The Morgan fingerprint density at radius 1 is 0.256 bits per heavy atom. The third-order valence-electron chi connectivity index (χ3n) is 17.4. The van der Waals surface area contributed by atoms with E-state index in [1.807, 2.05) is 12.1 Å². The molecule has 0 amide bonds. The molecule has 11 rings (SSSR count). The number of hydrogen-bond donors (Lipinski definition) is 0. The molecule has 90 heavy (non-hydrogen) atoms. The zero-order chi connectivity index (χ0) is 62.3. The highest BCUT2D eigenvalue weighted by molar-refractivity contribution is 9.10. The van der Waals surface area contributed by atoms with E-state index >= 15 is 8.78 Å². The standard InChI is InChI=1S/C84H80Br2F2N2/c1-5-9-11-13-17-69-55-82(80-54-52-78(58-84(80)88)90(76-49-37-68(38-50-76)64-29-41-72(86)42-30-64)74-45-33-66(34-46-74)62-25-21-60(16-8-4)22-26-62)70(18-14-12-10-6-2)56-81(69)79-53-51-77(57-83(79)87)89(75-47-35-67(36-48-75)63-27-39-71(85)40-28-63)73-43-31-65(32-44-73)61-23-19-59(15-7-3)20-24-61/h19-58H,5-18H2,1-4H3. The average Bonchev–Trinajstić information content (AvgIpc) is 0.856. The number of anilines is 6. The topological polar surface area (TPSA) is 6.48 Å². The van der Waals surface area contributed by atoms with Crippen molar-refractivity contribution in [2.24, 2.45) is 0 Å². The first-order valence-corrected chi connectivity index (χ1v) is 34.1. The van der Waals surface area contributed by atoms with Gasteiger partial charge in [-0.2, -0.15) is 0 Å². The van der Waals surface area contributed by atoms with Crippen molar-refractivity contribution in [1.29, 1.82) is 0 Å². The Bertz CT molecular complexity index is 3830. The molecule has 0 heterocycles. The maximum absolute atomic E-state index is 17.8. The van der Waals surface area contributed by atoms with E-state index in [2.05, 4.69) is 288 Å². The van der Waals surface area contributed by atoms with Crippen LogP contribution in [0.1, 0.15) is 114 Å². The minimum absolute atomic E-state index is 0.300. The maximum Gasteiger partial charge on any atom is 0.133 e. The van der Waals surface area contributed by atoms with Crippen LogP contribution in [0, 0.1) is 11.6 Å². The second-order valence-electron chi connectivity index (χ2n) is 23.9. The lowest BCUT2D eigenvalue weighted by molar-refractivity contribution is 0.629. The number of rotatable bonds is 26. The molecule has 0 aliphatic heterocycles. The van der Waals surface area contributed by atoms with Crippen LogP contribution in [0.25, 0.3) is 66.8 Å². The van der Waals surface area contributed by atoms with Crippen molar-refractivity contribution in [3.63, 3.8) is 0 Å². The lowest BCUT2D eigenvalue weighted by atomic mass is 9.86. The van der Waals surface area contributed by atoms with E-state index in [0.717, 1.165) is 200 Å². The van der Waals surface area contributed by atoms with Crippen LogP contribution in [0.3, 0.4) is 0 Å². The molecule has 0 saturated carbocycles. The van der Waals surface area contributed by atoms with Crippen LogP contribution in [-0.2, 0) is 25.7 Å². The van der Waals surface area contributed by atoms with Crippen LogP contribution in [0.5, 0.6) is 0 Å². The van der Waals surface area contributed by atoms with Crippen molar-refractivity contribution in [2.75, 3.05) is 9.80 Å². The van der Waals surface area contributed by atoms with Gasteiger partial charge < -0.3 is 9.80 Å². The first kappa shape index (κ1) is 63.4. The van der Waals surface area contributed by atoms with Crippen molar-refractivity contribution in [3.05, 3.63) is 285 Å². The van der Waals surface area contributed by atoms with Gasteiger partial charge in [0.05, 0.1) is 0 Å². The van der Waals surface area contributed by atoms with Gasteiger partial charge in [-0.25, -0.2) is 8.78 Å². The summed E-state index contributed by atoms with van der Waals surface area (Å²) in [7, 11) is 0. The summed E-state index contributed by atoms with van der Waals surface area (Å²) in [4.78, 5) is 4.30. The van der Waals surface area contributed by atoms with Crippen molar-refractivity contribution in [3.8, 4) is 66.8 Å². The number of halogens is 4. The Balaban J connectivity index is 0.976. The lowest BCUT2D eigenvalue weighted by Gasteiger charge is -2.27. The monoisotopic (exact) mass is 1310 g/mol. The molecular weight excluding hydrogens is 1230 g/mol. The summed E-state index contributed by atoms with van der Waals surface area (Å²) in [5, 5.41) is 0. The number of unbranched alkanes of at least 4 members (excludes halogenated alkanes) is 6. The predicted octanol–water partition coefficient (Wildman–Crippen LogP) is 26.6. The quantitative estimate of drug-likeness (QED) is 0.0499. The molecule has 0 saturated heterocycles. The van der Waals surface area contributed by atoms with E-state index in [1.54, 1.807) is 12.1 Å². The van der Waals surface area contributed by atoms with Crippen LogP contribution in [0.2, 0.25) is 0 Å². The largest absolute Gasteiger partial charge is 0.310 e. The van der Waals surface area contributed by atoms with Crippen molar-refractivity contribution >= 4 is 66.0 Å². The number of aryl methyl sites for hydroxylation is 4. The fraction of sp³-hybridized carbons (Fsp3) is 0.214. The van der Waals surface area contributed by atoms with Crippen LogP contribution in [0.4, 0.5) is 42.9 Å². The van der Waals surface area contributed by atoms with Crippen molar-refractivity contribution in [2.45, 2.75) is 118 Å². The summed E-state index contributed by atoms with van der Waals surface area (Å²) >= 11 is 7.18. The average molecular weight is 1320 g/mol. The second-order valence-corrected chi connectivity index (χ2v) is 25.7. The molecule has 454 valence electrons. The van der Waals surface area contributed by atoms with Gasteiger partial charge >= 0.3 is 0 Å². The molecule has 2 nitrogen and oxygen atoms in total. The zero-order valence-corrected chi connectivity index (χ0v) is 55.6. The van der Waals surface area contributed by atoms with E-state index in [9.17, 15) is 0 Å². The van der Waals surface area contributed by atoms with E-state index < -0.39 is 0 Å². The Labute approximate surface area is 550 Å². The molecule has 0 atom stereocenters. The summed E-state index contributed by atoms with van der Waals surface area (Å²) in [5.74, 6) is -0.601. The van der Waals surface area contributed by atoms with E-state index in [0.29, 0.717) is 11.1 Å². The number of hydrogen-bond acceptors (Lipinski definition) is 2. The van der Waals surface area contributed by atoms with E-state index in [-0.39, 0.29) is 11.6 Å². The normalized spacial score (nSPS) is 11.3. The van der Waals surface area contributed by atoms with E-state index in [1.165, 1.54) is 11.1 Å². The van der Waals surface area contributed by atoms with Crippen LogP contribution >= 0.6 is 31.9 Å². The van der Waals surface area contributed by atoms with Crippen LogP contribution in [0.15, 0.2) is 252 Å². The van der Waals surface area contributed by atoms with Gasteiger partial charge in [0, 0.05) is 54.2 Å². The highest BCUT2D eigenvalue weighted by atomic mass is 79.9. The SMILES string of the molecule is CCCCCCc1cc(-c2ccc(N(c3ccc(-c4ccc(Br)cc4)cc3)c3ccc(-c4ccc(CCC)cc4)cc3)cc2F)c(CCCCCC)cc1-c1ccc(N(c2ccc(-c3ccc(Br)cc3)cc2)c2ccc(-c3ccc(CCC)cc3)cc2)cc1F. The van der Waals surface area contributed by atoms with Gasteiger partial charge in [-0.1, -0.05) is 244 Å². The van der Waals surface area contributed by atoms with Crippen molar-refractivity contribution < 1.29 is 8.78 Å². The Kier molecular flexibility index (Phi) is 21.5. The first-order chi connectivity index (χ1) is 44.1. The Morgan fingerprint density at radius 3 is 0.789 bits per heavy atom. The molecule has 0 radical (unpaired) electrons. The zero-order valence-electron chi connectivity index (χ0n) is 52.4. The molecule has 0 spiro atoms.